The average Bonchev–Trinajstić information content (AvgIpc) is 3.11. The van der Waals surface area contributed by atoms with Gasteiger partial charge >= 0.3 is 18.2 Å². The molecule has 0 aromatic heterocycles. The minimum Gasteiger partial charge on any atom is -0.508 e. The first-order chi connectivity index (χ1) is 24.7. The van der Waals surface area contributed by atoms with E-state index in [2.05, 4.69) is 31.6 Å². The summed E-state index contributed by atoms with van der Waals surface area (Å²) in [5, 5.41) is 29.9. The molecule has 3 aromatic rings. The summed E-state index contributed by atoms with van der Waals surface area (Å²) in [6.45, 7) is 0.741. The van der Waals surface area contributed by atoms with Gasteiger partial charge in [-0.05, 0) is 41.7 Å². The van der Waals surface area contributed by atoms with Gasteiger partial charge in [-0.2, -0.15) is 13.2 Å². The first kappa shape index (κ1) is 42.3. The van der Waals surface area contributed by atoms with Crippen molar-refractivity contribution in [2.45, 2.75) is 37.5 Å². The number of carbonyl (C=O) groups is 5. The van der Waals surface area contributed by atoms with Gasteiger partial charge in [-0.25, -0.2) is 9.59 Å². The van der Waals surface area contributed by atoms with Crippen molar-refractivity contribution in [3.63, 3.8) is 0 Å². The summed E-state index contributed by atoms with van der Waals surface area (Å²) >= 11 is 5.40. The number of aliphatic imine (C=N–C) groups is 1. The Morgan fingerprint density at radius 1 is 0.808 bits per heavy atom. The number of aromatic hydroxyl groups is 1. The first-order valence-electron chi connectivity index (χ1n) is 15.6. The van der Waals surface area contributed by atoms with Gasteiger partial charge in [0.25, 0.3) is 0 Å². The molecule has 0 aliphatic carbocycles. The Morgan fingerprint density at radius 3 is 1.87 bits per heavy atom. The lowest BCUT2D eigenvalue weighted by Crippen LogP contribution is -2.48. The van der Waals surface area contributed by atoms with Crippen molar-refractivity contribution in [1.29, 1.82) is 0 Å². The maximum absolute atomic E-state index is 13.7. The van der Waals surface area contributed by atoms with E-state index < -0.39 is 30.1 Å². The van der Waals surface area contributed by atoms with Gasteiger partial charge in [0.2, 0.25) is 17.7 Å². The molecule has 52 heavy (non-hydrogen) atoms. The molecule has 3 aromatic carbocycles. The molecule has 0 spiro atoms. The van der Waals surface area contributed by atoms with Gasteiger partial charge < -0.3 is 37.2 Å². The van der Waals surface area contributed by atoms with E-state index in [-0.39, 0.29) is 67.9 Å². The van der Waals surface area contributed by atoms with Crippen LogP contribution in [-0.2, 0) is 25.7 Å². The number of carbonyl (C=O) groups excluding carboxylic acids is 4. The van der Waals surface area contributed by atoms with Crippen molar-refractivity contribution in [3.05, 3.63) is 102 Å². The fraction of sp³-hybridized carbons (Fsp3) is 0.294. The van der Waals surface area contributed by atoms with E-state index in [0.717, 1.165) is 16.7 Å². The second kappa shape index (κ2) is 22.1. The number of phenols is 1. The van der Waals surface area contributed by atoms with E-state index in [1.165, 1.54) is 12.1 Å². The van der Waals surface area contributed by atoms with Crippen molar-refractivity contribution in [2.75, 3.05) is 25.5 Å². The normalized spacial score (nSPS) is 11.7. The molecule has 0 radical (unpaired) electrons. The highest BCUT2D eigenvalue weighted by Gasteiger charge is 2.38. The van der Waals surface area contributed by atoms with Gasteiger partial charge in [0.05, 0.1) is 5.92 Å². The number of carboxylic acids is 1. The van der Waals surface area contributed by atoms with Gasteiger partial charge in [-0.3, -0.25) is 24.7 Å². The summed E-state index contributed by atoms with van der Waals surface area (Å²) in [6, 6.07) is 23.6. The average molecular weight is 750 g/mol. The van der Waals surface area contributed by atoms with Gasteiger partial charge in [0.1, 0.15) is 17.7 Å². The largest absolute Gasteiger partial charge is 0.508 e. The zero-order valence-corrected chi connectivity index (χ0v) is 28.4. The zero-order chi connectivity index (χ0) is 38.5. The number of hydrogen-bond donors (Lipinski definition) is 8. The van der Waals surface area contributed by atoms with E-state index in [4.69, 9.17) is 27.2 Å². The summed E-state index contributed by atoms with van der Waals surface area (Å²) in [4.78, 5) is 63.3. The molecule has 18 heteroatoms. The fourth-order valence-corrected chi connectivity index (χ4v) is 4.45. The Bertz CT molecular complexity index is 1590. The number of halogens is 4. The van der Waals surface area contributed by atoms with Crippen LogP contribution in [0.1, 0.15) is 35.4 Å². The highest BCUT2D eigenvalue weighted by Crippen LogP contribution is 2.25. The monoisotopic (exact) mass is 749 g/mol. The Hall–Kier alpha value is -5.84. The third-order valence-corrected chi connectivity index (χ3v) is 7.08. The molecule has 0 saturated carbocycles. The number of guanidine groups is 1. The third kappa shape index (κ3) is 16.2. The number of phenolic OH excluding ortho intramolecular Hbond substituents is 1. The number of hydrogen-bond acceptors (Lipinski definition) is 7. The van der Waals surface area contributed by atoms with Crippen LogP contribution in [0.25, 0.3) is 0 Å². The summed E-state index contributed by atoms with van der Waals surface area (Å²) in [5.74, 6) is -4.63. The number of rotatable bonds is 15. The molecule has 0 bridgehead atoms. The number of alkyl halides is 4. The Kier molecular flexibility index (Phi) is 18.0. The molecule has 5 amide bonds. The Labute approximate surface area is 302 Å². The van der Waals surface area contributed by atoms with E-state index >= 15 is 0 Å². The second-order valence-electron chi connectivity index (χ2n) is 10.8. The van der Waals surface area contributed by atoms with Crippen molar-refractivity contribution in [3.8, 4) is 5.75 Å². The van der Waals surface area contributed by atoms with Crippen molar-refractivity contribution in [2.24, 2.45) is 10.7 Å². The number of benzene rings is 3. The number of nitrogens with one attached hydrogen (secondary N) is 5. The summed E-state index contributed by atoms with van der Waals surface area (Å²) in [7, 11) is 0. The van der Waals surface area contributed by atoms with E-state index in [1.54, 1.807) is 12.1 Å². The molecule has 0 aliphatic heterocycles. The standard InChI is InChI=1S/C32H38ClN7O5.C2HF3O2/c33-20-27(42)35-18-19-37-32(45)40-31(34)36-17-7-12-26(29(43)38-21-22-13-15-25(41)16-14-22)39-30(44)28(23-8-3-1-4-9-23)24-10-5-2-6-11-24;3-2(4,5)1(6)7/h1-6,8-11,13-16,26,28,41H,7,12,17-21H2,(H,35,42)(H,38,43)(H,39,44)(H4,34,36,37,40,45);(H,6,7)/t26-;/m1./s1. The smallest absolute Gasteiger partial charge is 0.490 e. The van der Waals surface area contributed by atoms with Crippen LogP contribution in [0, 0.1) is 0 Å². The Morgan fingerprint density at radius 2 is 1.35 bits per heavy atom. The molecule has 0 unspecified atom stereocenters. The number of nitrogens with zero attached hydrogens (tertiary/aromatic N) is 1. The minimum absolute atomic E-state index is 0.116. The lowest BCUT2D eigenvalue weighted by Gasteiger charge is -2.23. The quantitative estimate of drug-likeness (QED) is 0.0498. The number of aliphatic carboxylic acids is 1. The van der Waals surface area contributed by atoms with Crippen LogP contribution in [-0.4, -0.2) is 83.6 Å². The van der Waals surface area contributed by atoms with Crippen LogP contribution < -0.4 is 32.3 Å². The van der Waals surface area contributed by atoms with Crippen molar-refractivity contribution < 1.29 is 47.4 Å². The van der Waals surface area contributed by atoms with Gasteiger partial charge in [0, 0.05) is 26.2 Å². The van der Waals surface area contributed by atoms with E-state index in [9.17, 15) is 37.5 Å². The van der Waals surface area contributed by atoms with Crippen LogP contribution >= 0.6 is 11.6 Å². The number of amides is 5. The molecule has 280 valence electrons. The maximum atomic E-state index is 13.7. The number of urea groups is 1. The highest BCUT2D eigenvalue weighted by molar-refractivity contribution is 6.27. The highest BCUT2D eigenvalue weighted by atomic mass is 35.5. The van der Waals surface area contributed by atoms with Gasteiger partial charge in [-0.1, -0.05) is 72.8 Å². The molecule has 0 aliphatic rings. The Balaban J connectivity index is 0.00000121. The van der Waals surface area contributed by atoms with Crippen LogP contribution in [0.3, 0.4) is 0 Å². The molecule has 0 saturated heterocycles. The fourth-order valence-electron chi connectivity index (χ4n) is 4.36. The summed E-state index contributed by atoms with van der Waals surface area (Å²) in [6.07, 6.45) is -4.47. The number of carboxylic acid groups (broad SMARTS) is 1. The predicted octanol–water partition coefficient (Wildman–Crippen LogP) is 2.71. The van der Waals surface area contributed by atoms with Crippen LogP contribution in [0.5, 0.6) is 5.75 Å². The van der Waals surface area contributed by atoms with Crippen LogP contribution in [0.15, 0.2) is 89.9 Å². The molecule has 9 N–H and O–H groups in total. The van der Waals surface area contributed by atoms with Gasteiger partial charge in [-0.15, -0.1) is 11.6 Å². The van der Waals surface area contributed by atoms with Crippen LogP contribution in [0.4, 0.5) is 18.0 Å². The topological polar surface area (TPSA) is 224 Å². The molecule has 14 nitrogen and oxygen atoms in total. The SMILES string of the molecule is NC(=NCCC[C@@H](NC(=O)C(c1ccccc1)c1ccccc1)C(=O)NCc1ccc(O)cc1)NC(=O)NCCNC(=O)CCl.O=C(O)C(F)(F)F. The maximum Gasteiger partial charge on any atom is 0.490 e. The third-order valence-electron chi connectivity index (χ3n) is 6.84. The molecule has 0 heterocycles. The molecule has 3 rings (SSSR count). The molecular weight excluding hydrogens is 711 g/mol. The van der Waals surface area contributed by atoms with Gasteiger partial charge in [0.15, 0.2) is 5.96 Å². The molecular formula is C34H39ClF3N7O7. The predicted molar refractivity (Wildman–Crippen MR) is 186 cm³/mol. The molecule has 1 atom stereocenters. The van der Waals surface area contributed by atoms with Crippen molar-refractivity contribution >= 4 is 47.3 Å². The minimum atomic E-state index is -5.08. The lowest BCUT2D eigenvalue weighted by atomic mass is 9.90. The van der Waals surface area contributed by atoms with Crippen molar-refractivity contribution in [1.82, 2.24) is 26.6 Å². The first-order valence-corrected chi connectivity index (χ1v) is 16.2. The zero-order valence-electron chi connectivity index (χ0n) is 27.7. The summed E-state index contributed by atoms with van der Waals surface area (Å²) < 4.78 is 31.7. The number of nitrogens with two attached hydrogens (primary N) is 1. The van der Waals surface area contributed by atoms with E-state index in [0.29, 0.717) is 6.42 Å². The lowest BCUT2D eigenvalue weighted by molar-refractivity contribution is -0.192. The second-order valence-corrected chi connectivity index (χ2v) is 11.0. The summed E-state index contributed by atoms with van der Waals surface area (Å²) in [5.41, 5.74) is 8.17. The van der Waals surface area contributed by atoms with Crippen LogP contribution in [0.2, 0.25) is 0 Å². The van der Waals surface area contributed by atoms with E-state index in [1.807, 2.05) is 60.7 Å². The molecule has 0 fully saturated rings.